The molecule has 3 aromatic carbocycles. The Morgan fingerprint density at radius 2 is 1.80 bits per heavy atom. The highest BCUT2D eigenvalue weighted by Crippen LogP contribution is 2.48. The van der Waals surface area contributed by atoms with Gasteiger partial charge in [0.2, 0.25) is 5.52 Å². The first kappa shape index (κ1) is 36.3. The normalized spacial score (nSPS) is 14.6. The van der Waals surface area contributed by atoms with Crippen molar-refractivity contribution in [3.63, 3.8) is 0 Å². The van der Waals surface area contributed by atoms with Crippen LogP contribution in [-0.2, 0) is 32.2 Å². The van der Waals surface area contributed by atoms with Crippen molar-refractivity contribution in [2.24, 2.45) is 0 Å². The molecule has 0 radical (unpaired) electrons. The highest BCUT2D eigenvalue weighted by Gasteiger charge is 2.29. The predicted octanol–water partition coefficient (Wildman–Crippen LogP) is 6.09. The number of anilines is 1. The molecule has 250 valence electrons. The van der Waals surface area contributed by atoms with Crippen LogP contribution < -0.4 is 14.2 Å². The molecule has 4 aromatic rings. The fourth-order valence-corrected chi connectivity index (χ4v) is 8.34. The Kier molecular flexibility index (Phi) is 13.4. The van der Waals surface area contributed by atoms with Crippen molar-refractivity contribution < 1.29 is 35.2 Å². The molecule has 1 aliphatic heterocycles. The van der Waals surface area contributed by atoms with Crippen LogP contribution in [0, 0.1) is 0 Å². The van der Waals surface area contributed by atoms with Gasteiger partial charge in [0.1, 0.15) is 10.4 Å². The summed E-state index contributed by atoms with van der Waals surface area (Å²) in [6, 6.07) is 18.1. The zero-order valence-electron chi connectivity index (χ0n) is 26.5. The number of hydrogen-bond donors (Lipinski definition) is 1. The van der Waals surface area contributed by atoms with Crippen LogP contribution >= 0.6 is 23.1 Å². The minimum Gasteiger partial charge on any atom is -0.748 e. The maximum atomic E-state index is 11.3. The van der Waals surface area contributed by atoms with Crippen molar-refractivity contribution in [3.05, 3.63) is 64.6 Å². The lowest BCUT2D eigenvalue weighted by molar-refractivity contribution is -0.668. The highest BCUT2D eigenvalue weighted by atomic mass is 32.2. The van der Waals surface area contributed by atoms with E-state index in [4.69, 9.17) is 13.5 Å². The van der Waals surface area contributed by atoms with Crippen molar-refractivity contribution in [1.82, 2.24) is 4.90 Å². The van der Waals surface area contributed by atoms with Crippen molar-refractivity contribution >= 4 is 77.3 Å². The smallest absolute Gasteiger partial charge is 0.301 e. The molecule has 0 aliphatic carbocycles. The topological polar surface area (TPSA) is 123 Å². The average Bonchev–Trinajstić information content (AvgIpc) is 3.56. The van der Waals surface area contributed by atoms with Crippen LogP contribution in [-0.4, -0.2) is 72.3 Å². The van der Waals surface area contributed by atoms with Gasteiger partial charge in [-0.25, -0.2) is 8.42 Å². The molecule has 46 heavy (non-hydrogen) atoms. The number of aryl methyl sites for hydroxylation is 1. The summed E-state index contributed by atoms with van der Waals surface area (Å²) in [5.74, 6) is 0.240. The third-order valence-corrected chi connectivity index (χ3v) is 11.0. The molecule has 1 aromatic heterocycles. The van der Waals surface area contributed by atoms with Crippen molar-refractivity contribution in [2.75, 3.05) is 50.5 Å². The average molecular weight is 708 g/mol. The van der Waals surface area contributed by atoms with Gasteiger partial charge in [-0.05, 0) is 55.7 Å². The molecule has 1 atom stereocenters. The standard InChI is InChI=1S/C26H26N2O7S4.C6H15N/c1-34-19-9-11-22-21(16-19)27(13-5-15-39(31,32)33)24(36-22)17-25-28(12-4-14-35-38(29)30)26-20-7-3-2-6-18(20)8-10-23(26)37-25;1-4-7(5-2)6-3/h2-3,6-11,16-17H,4-5,12-15H2,1H3,(H-,29,30,31,32,33);4-6H2,1-3H3. The van der Waals surface area contributed by atoms with E-state index >= 15 is 0 Å². The second-order valence-electron chi connectivity index (χ2n) is 10.4. The SMILES string of the molecule is CCN(CC)CC.COc1ccc2c(c1)N(CCCS(=O)(=O)[O-])C(=Cc1sc3ccc4ccccc4c3[n+]1CCCOS(=O)O)S2. The summed E-state index contributed by atoms with van der Waals surface area (Å²) in [5, 5.41) is 4.08. The van der Waals surface area contributed by atoms with Crippen LogP contribution in [0.3, 0.4) is 0 Å². The van der Waals surface area contributed by atoms with Crippen LogP contribution in [0.15, 0.2) is 64.5 Å². The number of thiazole rings is 1. The van der Waals surface area contributed by atoms with Gasteiger partial charge in [-0.3, -0.25) is 8.74 Å². The van der Waals surface area contributed by atoms with Crippen molar-refractivity contribution in [1.29, 1.82) is 0 Å². The van der Waals surface area contributed by atoms with E-state index in [-0.39, 0.29) is 13.0 Å². The van der Waals surface area contributed by atoms with Gasteiger partial charge in [-0.1, -0.05) is 68.1 Å². The Balaban J connectivity index is 0.000000617. The summed E-state index contributed by atoms with van der Waals surface area (Å²) in [5.41, 5.74) is 1.96. The molecule has 0 bridgehead atoms. The van der Waals surface area contributed by atoms with Gasteiger partial charge in [0.25, 0.3) is 5.01 Å². The fourth-order valence-electron chi connectivity index (χ4n) is 5.28. The molecule has 0 spiro atoms. The third-order valence-electron chi connectivity index (χ3n) is 7.63. The second-order valence-corrected chi connectivity index (χ2v) is 14.7. The van der Waals surface area contributed by atoms with E-state index in [0.29, 0.717) is 25.3 Å². The molecular formula is C32H41N3O7S4. The van der Waals surface area contributed by atoms with Gasteiger partial charge < -0.3 is 19.1 Å². The number of nitrogens with zero attached hydrogens (tertiary/aromatic N) is 3. The summed E-state index contributed by atoms with van der Waals surface area (Å²) >= 11 is 0.886. The van der Waals surface area contributed by atoms with Gasteiger partial charge in [-0.15, -0.1) is 0 Å². The minimum atomic E-state index is -4.33. The molecule has 1 N–H and O–H groups in total. The molecular weight excluding hydrogens is 667 g/mol. The highest BCUT2D eigenvalue weighted by molar-refractivity contribution is 8.04. The van der Waals surface area contributed by atoms with E-state index in [1.54, 1.807) is 30.2 Å². The van der Waals surface area contributed by atoms with E-state index in [9.17, 15) is 17.2 Å². The summed E-state index contributed by atoms with van der Waals surface area (Å²) in [7, 11) is -2.73. The van der Waals surface area contributed by atoms with Crippen LogP contribution in [0.5, 0.6) is 5.75 Å². The maximum Gasteiger partial charge on any atom is 0.301 e. The number of aromatic nitrogens is 1. The van der Waals surface area contributed by atoms with E-state index in [0.717, 1.165) is 41.6 Å². The summed E-state index contributed by atoms with van der Waals surface area (Å²) in [6.07, 6.45) is 2.79. The number of thioether (sulfide) groups is 1. The number of hydrogen-bond acceptors (Lipinski definition) is 10. The number of methoxy groups -OCH3 is 1. The lowest BCUT2D eigenvalue weighted by atomic mass is 10.1. The minimum absolute atomic E-state index is 0.129. The number of benzene rings is 3. The van der Waals surface area contributed by atoms with Crippen molar-refractivity contribution in [3.8, 4) is 5.75 Å². The second kappa shape index (κ2) is 17.0. The van der Waals surface area contributed by atoms with Gasteiger partial charge in [0.15, 0.2) is 6.54 Å². The van der Waals surface area contributed by atoms with E-state index in [2.05, 4.69) is 60.6 Å². The molecule has 0 amide bonds. The Labute approximate surface area is 282 Å². The Morgan fingerprint density at radius 1 is 1.07 bits per heavy atom. The predicted molar refractivity (Wildman–Crippen MR) is 188 cm³/mol. The summed E-state index contributed by atoms with van der Waals surface area (Å²) < 4.78 is 67.4. The van der Waals surface area contributed by atoms with Gasteiger partial charge >= 0.3 is 11.4 Å². The third kappa shape index (κ3) is 9.50. The summed E-state index contributed by atoms with van der Waals surface area (Å²) in [6.45, 7) is 11.2. The number of fused-ring (bicyclic) bond motifs is 4. The fraction of sp³-hybridized carbons (Fsp3) is 0.406. The molecule has 14 heteroatoms. The zero-order valence-corrected chi connectivity index (χ0v) is 29.8. The molecule has 1 aliphatic rings. The van der Waals surface area contributed by atoms with E-state index in [1.165, 1.54) is 19.6 Å². The molecule has 0 saturated heterocycles. The van der Waals surface area contributed by atoms with E-state index < -0.39 is 27.2 Å². The zero-order chi connectivity index (χ0) is 33.3. The molecule has 0 fully saturated rings. The first-order valence-electron chi connectivity index (χ1n) is 15.2. The molecule has 2 heterocycles. The van der Waals surface area contributed by atoms with Gasteiger partial charge in [-0.2, -0.15) is 8.78 Å². The molecule has 1 unspecified atom stereocenters. The van der Waals surface area contributed by atoms with Crippen LogP contribution in [0.1, 0.15) is 38.6 Å². The van der Waals surface area contributed by atoms with Crippen LogP contribution in [0.4, 0.5) is 5.69 Å². The Hall–Kier alpha value is -2.56. The van der Waals surface area contributed by atoms with Gasteiger partial charge in [0, 0.05) is 29.7 Å². The Bertz CT molecular complexity index is 1780. The summed E-state index contributed by atoms with van der Waals surface area (Å²) in [4.78, 5) is 5.41. The molecule has 5 rings (SSSR count). The monoisotopic (exact) mass is 707 g/mol. The number of rotatable bonds is 14. The number of ether oxygens (including phenoxy) is 1. The van der Waals surface area contributed by atoms with Crippen LogP contribution in [0.25, 0.3) is 27.1 Å². The quantitative estimate of drug-likeness (QED) is 0.0713. The van der Waals surface area contributed by atoms with E-state index in [1.807, 2.05) is 35.2 Å². The lowest BCUT2D eigenvalue weighted by Crippen LogP contribution is -2.36. The van der Waals surface area contributed by atoms with Crippen molar-refractivity contribution in [2.45, 2.75) is 45.1 Å². The largest absolute Gasteiger partial charge is 0.748 e. The molecule has 0 saturated carbocycles. The first-order chi connectivity index (χ1) is 22.1. The Morgan fingerprint density at radius 3 is 2.46 bits per heavy atom. The van der Waals surface area contributed by atoms with Crippen LogP contribution in [0.2, 0.25) is 0 Å². The maximum absolute atomic E-state index is 11.3. The molecule has 10 nitrogen and oxygen atoms in total. The first-order valence-corrected chi connectivity index (χ1v) is 19.4. The van der Waals surface area contributed by atoms with Gasteiger partial charge in [0.05, 0.1) is 46.0 Å². The lowest BCUT2D eigenvalue weighted by Gasteiger charge is -2.21.